The van der Waals surface area contributed by atoms with Gasteiger partial charge in [0.1, 0.15) is 5.82 Å². The standard InChI is InChI=1S/C11H14FNO2/c12-9-2-1-3-10(6-9)13-11(7-14)4-5-15-8-11/h1-3,6,13-14H,4-5,7-8H2. The van der Waals surface area contributed by atoms with Gasteiger partial charge >= 0.3 is 0 Å². The summed E-state index contributed by atoms with van der Waals surface area (Å²) >= 11 is 0. The summed E-state index contributed by atoms with van der Waals surface area (Å²) in [5.74, 6) is -0.285. The summed E-state index contributed by atoms with van der Waals surface area (Å²) in [6.45, 7) is 1.08. The summed E-state index contributed by atoms with van der Waals surface area (Å²) in [7, 11) is 0. The van der Waals surface area contributed by atoms with Gasteiger partial charge in [0.25, 0.3) is 0 Å². The van der Waals surface area contributed by atoms with E-state index in [9.17, 15) is 9.50 Å². The van der Waals surface area contributed by atoms with Crippen LogP contribution in [-0.4, -0.2) is 30.5 Å². The third-order valence-corrected chi connectivity index (χ3v) is 2.64. The Hall–Kier alpha value is -1.13. The van der Waals surface area contributed by atoms with Crippen LogP contribution < -0.4 is 5.32 Å². The van der Waals surface area contributed by atoms with Gasteiger partial charge in [0.15, 0.2) is 0 Å². The first-order valence-electron chi connectivity index (χ1n) is 4.96. The van der Waals surface area contributed by atoms with Gasteiger partial charge in [-0.25, -0.2) is 4.39 Å². The topological polar surface area (TPSA) is 41.5 Å². The van der Waals surface area contributed by atoms with Gasteiger partial charge in [0.2, 0.25) is 0 Å². The van der Waals surface area contributed by atoms with Gasteiger partial charge < -0.3 is 15.2 Å². The molecule has 1 fully saturated rings. The van der Waals surface area contributed by atoms with Crippen LogP contribution in [-0.2, 0) is 4.74 Å². The molecule has 1 heterocycles. The second-order valence-electron chi connectivity index (χ2n) is 3.88. The molecule has 15 heavy (non-hydrogen) atoms. The minimum Gasteiger partial charge on any atom is -0.394 e. The average molecular weight is 211 g/mol. The van der Waals surface area contributed by atoms with Crippen LogP contribution in [0.15, 0.2) is 24.3 Å². The molecule has 2 N–H and O–H groups in total. The summed E-state index contributed by atoms with van der Waals surface area (Å²) < 4.78 is 18.2. The molecule has 0 aromatic heterocycles. The molecular weight excluding hydrogens is 197 g/mol. The summed E-state index contributed by atoms with van der Waals surface area (Å²) in [6.07, 6.45) is 0.736. The van der Waals surface area contributed by atoms with E-state index in [1.807, 2.05) is 0 Å². The molecule has 2 rings (SSSR count). The fraction of sp³-hybridized carbons (Fsp3) is 0.455. The molecule has 1 aliphatic rings. The molecule has 1 aromatic carbocycles. The van der Waals surface area contributed by atoms with Crippen molar-refractivity contribution in [1.82, 2.24) is 0 Å². The molecule has 0 saturated carbocycles. The number of halogens is 1. The van der Waals surface area contributed by atoms with Crippen LogP contribution in [0.1, 0.15) is 6.42 Å². The van der Waals surface area contributed by atoms with E-state index in [1.165, 1.54) is 12.1 Å². The first-order chi connectivity index (χ1) is 7.24. The Morgan fingerprint density at radius 2 is 2.40 bits per heavy atom. The van der Waals surface area contributed by atoms with Crippen molar-refractivity contribution in [2.75, 3.05) is 25.1 Å². The number of aliphatic hydroxyl groups excluding tert-OH is 1. The Bertz CT molecular complexity index is 337. The number of nitrogens with one attached hydrogen (secondary N) is 1. The molecule has 1 saturated heterocycles. The maximum Gasteiger partial charge on any atom is 0.125 e. The van der Waals surface area contributed by atoms with Gasteiger partial charge in [-0.1, -0.05) is 6.07 Å². The van der Waals surface area contributed by atoms with Gasteiger partial charge in [-0.2, -0.15) is 0 Å². The lowest BCUT2D eigenvalue weighted by Crippen LogP contribution is -2.42. The monoisotopic (exact) mass is 211 g/mol. The molecule has 0 spiro atoms. The average Bonchev–Trinajstić information content (AvgIpc) is 2.67. The van der Waals surface area contributed by atoms with Crippen LogP contribution in [0, 0.1) is 5.82 Å². The summed E-state index contributed by atoms with van der Waals surface area (Å²) in [5.41, 5.74) is 0.225. The van der Waals surface area contributed by atoms with Crippen LogP contribution in [0.3, 0.4) is 0 Å². The normalized spacial score (nSPS) is 25.5. The zero-order valence-electron chi connectivity index (χ0n) is 8.37. The highest BCUT2D eigenvalue weighted by Crippen LogP contribution is 2.24. The highest BCUT2D eigenvalue weighted by molar-refractivity contribution is 5.46. The zero-order chi connectivity index (χ0) is 10.7. The molecule has 1 aromatic rings. The maximum absolute atomic E-state index is 12.9. The SMILES string of the molecule is OCC1(Nc2cccc(F)c2)CCOC1. The second-order valence-corrected chi connectivity index (χ2v) is 3.88. The first-order valence-corrected chi connectivity index (χ1v) is 4.96. The quantitative estimate of drug-likeness (QED) is 0.793. The van der Waals surface area contributed by atoms with E-state index in [0.29, 0.717) is 18.9 Å². The molecule has 0 amide bonds. The van der Waals surface area contributed by atoms with Crippen LogP contribution in [0.4, 0.5) is 10.1 Å². The molecule has 82 valence electrons. The largest absolute Gasteiger partial charge is 0.394 e. The maximum atomic E-state index is 12.9. The van der Waals surface area contributed by atoms with E-state index in [2.05, 4.69) is 5.32 Å². The third kappa shape index (κ3) is 2.27. The van der Waals surface area contributed by atoms with E-state index in [4.69, 9.17) is 4.74 Å². The predicted octanol–water partition coefficient (Wildman–Crippen LogP) is 1.39. The van der Waals surface area contributed by atoms with Crippen molar-refractivity contribution in [3.8, 4) is 0 Å². The van der Waals surface area contributed by atoms with Gasteiger partial charge in [-0.3, -0.25) is 0 Å². The lowest BCUT2D eigenvalue weighted by molar-refractivity contribution is 0.152. The summed E-state index contributed by atoms with van der Waals surface area (Å²) in [5, 5.41) is 12.4. The molecule has 3 nitrogen and oxygen atoms in total. The van der Waals surface area contributed by atoms with Crippen molar-refractivity contribution in [2.24, 2.45) is 0 Å². The Labute approximate surface area is 87.9 Å². The minimum absolute atomic E-state index is 0.0104. The van der Waals surface area contributed by atoms with Crippen molar-refractivity contribution < 1.29 is 14.2 Å². The number of rotatable bonds is 3. The molecule has 1 unspecified atom stereocenters. The number of aliphatic hydroxyl groups is 1. The lowest BCUT2D eigenvalue weighted by Gasteiger charge is -2.27. The van der Waals surface area contributed by atoms with Crippen molar-refractivity contribution in [3.63, 3.8) is 0 Å². The first kappa shape index (κ1) is 10.4. The van der Waals surface area contributed by atoms with Crippen molar-refractivity contribution in [1.29, 1.82) is 0 Å². The lowest BCUT2D eigenvalue weighted by atomic mass is 9.99. The van der Waals surface area contributed by atoms with E-state index >= 15 is 0 Å². The van der Waals surface area contributed by atoms with Gasteiger partial charge in [-0.05, 0) is 24.6 Å². The number of ether oxygens (including phenoxy) is 1. The van der Waals surface area contributed by atoms with E-state index < -0.39 is 5.54 Å². The van der Waals surface area contributed by atoms with E-state index in [-0.39, 0.29) is 12.4 Å². The molecule has 0 radical (unpaired) electrons. The Morgan fingerprint density at radius 3 is 3.00 bits per heavy atom. The third-order valence-electron chi connectivity index (χ3n) is 2.64. The predicted molar refractivity (Wildman–Crippen MR) is 55.3 cm³/mol. The molecule has 0 aliphatic carbocycles. The van der Waals surface area contributed by atoms with Crippen LogP contribution in [0.25, 0.3) is 0 Å². The Balaban J connectivity index is 2.12. The molecule has 1 aliphatic heterocycles. The molecular formula is C11H14FNO2. The highest BCUT2D eigenvalue weighted by Gasteiger charge is 2.34. The van der Waals surface area contributed by atoms with Gasteiger partial charge in [-0.15, -0.1) is 0 Å². The van der Waals surface area contributed by atoms with Crippen LogP contribution >= 0.6 is 0 Å². The van der Waals surface area contributed by atoms with Crippen molar-refractivity contribution in [3.05, 3.63) is 30.1 Å². The molecule has 1 atom stereocenters. The van der Waals surface area contributed by atoms with Crippen molar-refractivity contribution in [2.45, 2.75) is 12.0 Å². The Morgan fingerprint density at radius 1 is 1.53 bits per heavy atom. The smallest absolute Gasteiger partial charge is 0.125 e. The van der Waals surface area contributed by atoms with Crippen molar-refractivity contribution >= 4 is 5.69 Å². The zero-order valence-corrected chi connectivity index (χ0v) is 8.37. The van der Waals surface area contributed by atoms with Crippen LogP contribution in [0.5, 0.6) is 0 Å². The summed E-state index contributed by atoms with van der Waals surface area (Å²) in [6, 6.07) is 6.22. The number of hydrogen-bond donors (Lipinski definition) is 2. The fourth-order valence-corrected chi connectivity index (χ4v) is 1.74. The van der Waals surface area contributed by atoms with Crippen LogP contribution in [0.2, 0.25) is 0 Å². The number of benzene rings is 1. The minimum atomic E-state index is -0.451. The van der Waals surface area contributed by atoms with Gasteiger partial charge in [0.05, 0.1) is 18.8 Å². The molecule has 4 heteroatoms. The number of hydrogen-bond acceptors (Lipinski definition) is 3. The van der Waals surface area contributed by atoms with Gasteiger partial charge in [0, 0.05) is 12.3 Å². The molecule has 0 bridgehead atoms. The van der Waals surface area contributed by atoms with E-state index in [0.717, 1.165) is 6.42 Å². The fourth-order valence-electron chi connectivity index (χ4n) is 1.74. The number of anilines is 1. The summed E-state index contributed by atoms with van der Waals surface area (Å²) in [4.78, 5) is 0. The van der Waals surface area contributed by atoms with E-state index in [1.54, 1.807) is 12.1 Å². The second kappa shape index (κ2) is 4.16. The highest BCUT2D eigenvalue weighted by atomic mass is 19.1. The Kier molecular flexibility index (Phi) is 2.88.